The Bertz CT molecular complexity index is 1280. The van der Waals surface area contributed by atoms with Crippen LogP contribution in [-0.4, -0.2) is 4.98 Å². The van der Waals surface area contributed by atoms with Gasteiger partial charge < -0.3 is 9.73 Å². The van der Waals surface area contributed by atoms with Crippen LogP contribution in [0.1, 0.15) is 5.01 Å². The summed E-state index contributed by atoms with van der Waals surface area (Å²) in [5, 5.41) is 16.2. The van der Waals surface area contributed by atoms with Crippen LogP contribution in [-0.2, 0) is 0 Å². The molecule has 0 unspecified atom stereocenters. The third kappa shape index (κ3) is 3.67. The van der Waals surface area contributed by atoms with E-state index in [4.69, 9.17) is 16.0 Å². The van der Waals surface area contributed by atoms with Gasteiger partial charge in [0.05, 0.1) is 11.3 Å². The molecule has 7 heteroatoms. The standard InChI is InChI=1S/C21H12ClN3O2S/c22-15-5-7-16(8-6-15)24-11-14(10-23)20-25-18(12-28-20)17-9-13-3-1-2-4-19(13)27-21(17)26/h1-9,11-12,24H. The second-order valence-electron chi connectivity index (χ2n) is 5.84. The maximum Gasteiger partial charge on any atom is 0.345 e. The molecule has 0 radical (unpaired) electrons. The number of thiazole rings is 1. The molecule has 0 aliphatic heterocycles. The number of hydrogen-bond acceptors (Lipinski definition) is 6. The minimum absolute atomic E-state index is 0.358. The molecule has 0 spiro atoms. The topological polar surface area (TPSA) is 78.9 Å². The van der Waals surface area contributed by atoms with Crippen molar-refractivity contribution in [2.45, 2.75) is 0 Å². The van der Waals surface area contributed by atoms with Crippen molar-refractivity contribution in [3.63, 3.8) is 0 Å². The highest BCUT2D eigenvalue weighted by Crippen LogP contribution is 2.26. The van der Waals surface area contributed by atoms with Crippen molar-refractivity contribution in [2.24, 2.45) is 0 Å². The largest absolute Gasteiger partial charge is 0.422 e. The first-order valence-electron chi connectivity index (χ1n) is 8.25. The third-order valence-electron chi connectivity index (χ3n) is 4.00. The van der Waals surface area contributed by atoms with Crippen molar-refractivity contribution in [3.05, 3.63) is 86.6 Å². The molecule has 28 heavy (non-hydrogen) atoms. The SMILES string of the molecule is N#CC(=CNc1ccc(Cl)cc1)c1nc(-c2cc3ccccc3oc2=O)cs1. The second kappa shape index (κ2) is 7.69. The van der Waals surface area contributed by atoms with Gasteiger partial charge in [0.1, 0.15) is 22.2 Å². The minimum atomic E-state index is -0.461. The number of nitriles is 1. The number of benzene rings is 2. The highest BCUT2D eigenvalue weighted by atomic mass is 35.5. The van der Waals surface area contributed by atoms with E-state index in [1.807, 2.05) is 18.2 Å². The van der Waals surface area contributed by atoms with Gasteiger partial charge in [-0.05, 0) is 36.4 Å². The minimum Gasteiger partial charge on any atom is -0.422 e. The maximum atomic E-state index is 12.3. The number of nitrogens with one attached hydrogen (secondary N) is 1. The van der Waals surface area contributed by atoms with E-state index in [9.17, 15) is 10.1 Å². The summed E-state index contributed by atoms with van der Waals surface area (Å²) in [6.45, 7) is 0. The van der Waals surface area contributed by atoms with E-state index >= 15 is 0 Å². The van der Waals surface area contributed by atoms with Crippen LogP contribution in [0.15, 0.2) is 75.4 Å². The predicted octanol–water partition coefficient (Wildman–Crippen LogP) is 5.55. The number of allylic oxidation sites excluding steroid dienone is 1. The van der Waals surface area contributed by atoms with Crippen molar-refractivity contribution < 1.29 is 4.42 Å². The zero-order valence-electron chi connectivity index (χ0n) is 14.3. The number of para-hydroxylation sites is 1. The molecule has 2 aromatic heterocycles. The fourth-order valence-corrected chi connectivity index (χ4v) is 3.52. The zero-order chi connectivity index (χ0) is 19.5. The molecule has 4 rings (SSSR count). The van der Waals surface area contributed by atoms with E-state index in [1.165, 1.54) is 11.3 Å². The Morgan fingerprint density at radius 2 is 2.00 bits per heavy atom. The summed E-state index contributed by atoms with van der Waals surface area (Å²) in [6.07, 6.45) is 1.58. The Balaban J connectivity index is 1.65. The third-order valence-corrected chi connectivity index (χ3v) is 5.13. The van der Waals surface area contributed by atoms with Crippen molar-refractivity contribution in [1.82, 2.24) is 4.98 Å². The van der Waals surface area contributed by atoms with Gasteiger partial charge in [0.25, 0.3) is 0 Å². The summed E-state index contributed by atoms with van der Waals surface area (Å²) in [6, 6.07) is 18.3. The van der Waals surface area contributed by atoms with Crippen LogP contribution in [0.2, 0.25) is 5.02 Å². The number of aromatic nitrogens is 1. The van der Waals surface area contributed by atoms with Crippen LogP contribution in [0, 0.1) is 11.3 Å². The molecule has 0 atom stereocenters. The predicted molar refractivity (Wildman–Crippen MR) is 112 cm³/mol. The molecule has 0 fully saturated rings. The Labute approximate surface area is 169 Å². The van der Waals surface area contributed by atoms with Gasteiger partial charge in [0.2, 0.25) is 0 Å². The van der Waals surface area contributed by atoms with Crippen LogP contribution >= 0.6 is 22.9 Å². The summed E-state index contributed by atoms with van der Waals surface area (Å²) in [5.41, 5.74) is 2.06. The van der Waals surface area contributed by atoms with Gasteiger partial charge in [0.15, 0.2) is 0 Å². The number of nitrogens with zero attached hydrogens (tertiary/aromatic N) is 2. The number of rotatable bonds is 4. The molecular formula is C21H12ClN3O2S. The molecule has 0 saturated heterocycles. The van der Waals surface area contributed by atoms with E-state index in [-0.39, 0.29) is 0 Å². The Hall–Kier alpha value is -3.40. The molecule has 5 nitrogen and oxygen atoms in total. The number of halogens is 1. The Morgan fingerprint density at radius 3 is 2.79 bits per heavy atom. The van der Waals surface area contributed by atoms with Crippen LogP contribution in [0.3, 0.4) is 0 Å². The molecule has 0 amide bonds. The zero-order valence-corrected chi connectivity index (χ0v) is 15.9. The molecule has 2 aromatic carbocycles. The molecule has 4 aromatic rings. The second-order valence-corrected chi connectivity index (χ2v) is 7.14. The lowest BCUT2D eigenvalue weighted by Crippen LogP contribution is -2.02. The summed E-state index contributed by atoms with van der Waals surface area (Å²) in [4.78, 5) is 16.8. The van der Waals surface area contributed by atoms with Crippen LogP contribution in [0.25, 0.3) is 27.8 Å². The van der Waals surface area contributed by atoms with Crippen molar-refractivity contribution >= 4 is 45.2 Å². The molecule has 2 heterocycles. The quantitative estimate of drug-likeness (QED) is 0.356. The van der Waals surface area contributed by atoms with Gasteiger partial charge in [0, 0.05) is 27.7 Å². The monoisotopic (exact) mass is 405 g/mol. The lowest BCUT2D eigenvalue weighted by atomic mass is 10.1. The first-order chi connectivity index (χ1) is 13.6. The van der Waals surface area contributed by atoms with Gasteiger partial charge in [-0.25, -0.2) is 9.78 Å². The summed E-state index contributed by atoms with van der Waals surface area (Å²) >= 11 is 7.16. The van der Waals surface area contributed by atoms with Gasteiger partial charge in [-0.3, -0.25) is 0 Å². The Morgan fingerprint density at radius 1 is 1.21 bits per heavy atom. The van der Waals surface area contributed by atoms with E-state index < -0.39 is 5.63 Å². The van der Waals surface area contributed by atoms with Gasteiger partial charge in [-0.2, -0.15) is 5.26 Å². The molecule has 0 aliphatic carbocycles. The lowest BCUT2D eigenvalue weighted by molar-refractivity contribution is 0.563. The Kier molecular flexibility index (Phi) is 4.94. The first-order valence-corrected chi connectivity index (χ1v) is 9.51. The van der Waals surface area contributed by atoms with Crippen LogP contribution in [0.5, 0.6) is 0 Å². The molecule has 0 saturated carbocycles. The normalized spacial score (nSPS) is 11.4. The number of hydrogen-bond donors (Lipinski definition) is 1. The van der Waals surface area contributed by atoms with Gasteiger partial charge in [-0.1, -0.05) is 29.8 Å². The fourth-order valence-electron chi connectivity index (χ4n) is 2.61. The van der Waals surface area contributed by atoms with Crippen molar-refractivity contribution in [3.8, 4) is 17.3 Å². The molecule has 0 bridgehead atoms. The van der Waals surface area contributed by atoms with Crippen LogP contribution in [0.4, 0.5) is 5.69 Å². The fraction of sp³-hybridized carbons (Fsp3) is 0. The molecule has 136 valence electrons. The highest BCUT2D eigenvalue weighted by Gasteiger charge is 2.13. The van der Waals surface area contributed by atoms with Gasteiger partial charge >= 0.3 is 5.63 Å². The number of fused-ring (bicyclic) bond motifs is 1. The van der Waals surface area contributed by atoms with E-state index in [1.54, 1.807) is 48.0 Å². The first kappa shape index (κ1) is 18.0. The molecule has 1 N–H and O–H groups in total. The smallest absolute Gasteiger partial charge is 0.345 e. The van der Waals surface area contributed by atoms with E-state index in [2.05, 4.69) is 16.4 Å². The highest BCUT2D eigenvalue weighted by molar-refractivity contribution is 7.11. The average molecular weight is 406 g/mol. The summed E-state index contributed by atoms with van der Waals surface area (Å²) in [7, 11) is 0. The lowest BCUT2D eigenvalue weighted by Gasteiger charge is -2.01. The van der Waals surface area contributed by atoms with Gasteiger partial charge in [-0.15, -0.1) is 11.3 Å². The number of anilines is 1. The van der Waals surface area contributed by atoms with Crippen LogP contribution < -0.4 is 10.9 Å². The maximum absolute atomic E-state index is 12.3. The summed E-state index contributed by atoms with van der Waals surface area (Å²) < 4.78 is 5.36. The van der Waals surface area contributed by atoms with E-state index in [0.29, 0.717) is 32.4 Å². The van der Waals surface area contributed by atoms with Crippen molar-refractivity contribution in [2.75, 3.05) is 5.32 Å². The molecular weight excluding hydrogens is 394 g/mol. The average Bonchev–Trinajstić information content (AvgIpc) is 3.19. The van der Waals surface area contributed by atoms with Crippen molar-refractivity contribution in [1.29, 1.82) is 5.26 Å². The van der Waals surface area contributed by atoms with E-state index in [0.717, 1.165) is 11.1 Å². The summed E-state index contributed by atoms with van der Waals surface area (Å²) in [5.74, 6) is 0. The molecule has 0 aliphatic rings.